The Morgan fingerprint density at radius 2 is 1.83 bits per heavy atom. The number of likely N-dealkylation sites (N-methyl/N-ethyl adjacent to an activating group) is 2. The van der Waals surface area contributed by atoms with Crippen LogP contribution in [-0.2, 0) is 0 Å². The number of hydrogen-bond donors (Lipinski definition) is 1. The smallest absolute Gasteiger partial charge is 0.222 e. The van der Waals surface area contributed by atoms with Gasteiger partial charge in [-0.15, -0.1) is 0 Å². The molecule has 1 aliphatic heterocycles. The van der Waals surface area contributed by atoms with Crippen LogP contribution >= 0.6 is 0 Å². The van der Waals surface area contributed by atoms with Gasteiger partial charge < -0.3 is 20.1 Å². The van der Waals surface area contributed by atoms with Gasteiger partial charge in [0, 0.05) is 38.8 Å². The number of aromatic nitrogens is 1. The van der Waals surface area contributed by atoms with E-state index >= 15 is 0 Å². The Hall–Kier alpha value is -2.17. The second-order valence-electron chi connectivity index (χ2n) is 4.66. The van der Waals surface area contributed by atoms with Crippen LogP contribution in [0, 0.1) is 0 Å². The second-order valence-corrected chi connectivity index (χ2v) is 4.66. The monoisotopic (exact) mass is 244 g/mol. The number of nitrogens with two attached hydrogens (primary N) is 1. The average Bonchev–Trinajstić information content (AvgIpc) is 2.80. The number of nitrogen functional groups attached to an aromatic ring is 1. The molecular formula is C13H16N4O. The molecule has 3 rings (SSSR count). The molecule has 5 heteroatoms. The number of benzene rings is 1. The first kappa shape index (κ1) is 11.0. The summed E-state index contributed by atoms with van der Waals surface area (Å²) in [5, 5.41) is 3.95. The van der Waals surface area contributed by atoms with Crippen molar-refractivity contribution in [3.8, 4) is 11.3 Å². The lowest BCUT2D eigenvalue weighted by Gasteiger charge is -2.34. The molecule has 0 aliphatic carbocycles. The summed E-state index contributed by atoms with van der Waals surface area (Å²) in [6, 6.07) is 8.04. The molecule has 1 aromatic carbocycles. The van der Waals surface area contributed by atoms with Crippen molar-refractivity contribution in [3.63, 3.8) is 0 Å². The molecule has 0 fully saturated rings. The van der Waals surface area contributed by atoms with Crippen molar-refractivity contribution < 1.29 is 4.52 Å². The average molecular weight is 244 g/mol. The minimum atomic E-state index is 0.341. The van der Waals surface area contributed by atoms with E-state index in [9.17, 15) is 0 Å². The predicted octanol–water partition coefficient (Wildman–Crippen LogP) is 1.81. The maximum atomic E-state index is 5.56. The van der Waals surface area contributed by atoms with Gasteiger partial charge in [0.05, 0.1) is 11.4 Å². The molecule has 18 heavy (non-hydrogen) atoms. The van der Waals surface area contributed by atoms with Crippen molar-refractivity contribution in [2.75, 3.05) is 42.7 Å². The van der Waals surface area contributed by atoms with Crippen LogP contribution in [0.1, 0.15) is 0 Å². The SMILES string of the molecule is CN1CCN(C)c2cc(-c3cc(N)on3)ccc21. The standard InChI is InChI=1S/C13H16N4O/c1-16-5-6-17(2)12-7-9(3-4-11(12)16)10-8-13(14)18-15-10/h3-4,7-8H,5-6,14H2,1-2H3. The lowest BCUT2D eigenvalue weighted by atomic mass is 10.1. The summed E-state index contributed by atoms with van der Waals surface area (Å²) in [6.07, 6.45) is 0. The molecule has 0 radical (unpaired) electrons. The van der Waals surface area contributed by atoms with Crippen molar-refractivity contribution in [1.29, 1.82) is 0 Å². The Morgan fingerprint density at radius 1 is 1.11 bits per heavy atom. The maximum Gasteiger partial charge on any atom is 0.222 e. The van der Waals surface area contributed by atoms with Crippen molar-refractivity contribution in [2.45, 2.75) is 0 Å². The highest BCUT2D eigenvalue weighted by molar-refractivity contribution is 5.79. The van der Waals surface area contributed by atoms with E-state index in [4.69, 9.17) is 10.3 Å². The van der Waals surface area contributed by atoms with Gasteiger partial charge in [0.1, 0.15) is 5.69 Å². The molecule has 0 amide bonds. The normalized spacial score (nSPS) is 14.8. The van der Waals surface area contributed by atoms with Crippen molar-refractivity contribution >= 4 is 17.3 Å². The van der Waals surface area contributed by atoms with Gasteiger partial charge in [-0.3, -0.25) is 0 Å². The highest BCUT2D eigenvalue weighted by Gasteiger charge is 2.18. The minimum absolute atomic E-state index is 0.341. The van der Waals surface area contributed by atoms with Crippen LogP contribution in [0.4, 0.5) is 17.3 Å². The topological polar surface area (TPSA) is 58.5 Å². The molecule has 0 bridgehead atoms. The van der Waals surface area contributed by atoms with Gasteiger partial charge in [-0.05, 0) is 12.1 Å². The summed E-state index contributed by atoms with van der Waals surface area (Å²) in [4.78, 5) is 4.51. The minimum Gasteiger partial charge on any atom is -0.371 e. The largest absolute Gasteiger partial charge is 0.371 e. The molecule has 5 nitrogen and oxygen atoms in total. The fourth-order valence-electron chi connectivity index (χ4n) is 2.28. The van der Waals surface area contributed by atoms with Crippen molar-refractivity contribution in [3.05, 3.63) is 24.3 Å². The van der Waals surface area contributed by atoms with Gasteiger partial charge in [-0.25, -0.2) is 0 Å². The van der Waals surface area contributed by atoms with Gasteiger partial charge in [-0.1, -0.05) is 11.2 Å². The van der Waals surface area contributed by atoms with E-state index in [1.165, 1.54) is 11.4 Å². The molecule has 2 N–H and O–H groups in total. The van der Waals surface area contributed by atoms with E-state index < -0.39 is 0 Å². The summed E-state index contributed by atoms with van der Waals surface area (Å²) in [5.74, 6) is 0.341. The molecular weight excluding hydrogens is 228 g/mol. The molecule has 0 saturated heterocycles. The fourth-order valence-corrected chi connectivity index (χ4v) is 2.28. The van der Waals surface area contributed by atoms with Crippen LogP contribution in [0.25, 0.3) is 11.3 Å². The third-order valence-corrected chi connectivity index (χ3v) is 3.39. The number of fused-ring (bicyclic) bond motifs is 1. The number of nitrogens with zero attached hydrogens (tertiary/aromatic N) is 3. The quantitative estimate of drug-likeness (QED) is 0.829. The molecule has 1 aliphatic rings. The molecule has 94 valence electrons. The highest BCUT2D eigenvalue weighted by atomic mass is 16.5. The van der Waals surface area contributed by atoms with E-state index in [2.05, 4.69) is 41.2 Å². The number of anilines is 3. The van der Waals surface area contributed by atoms with Gasteiger partial charge in [0.2, 0.25) is 5.88 Å². The zero-order valence-corrected chi connectivity index (χ0v) is 10.6. The summed E-state index contributed by atoms with van der Waals surface area (Å²) < 4.78 is 4.91. The van der Waals surface area contributed by atoms with E-state index in [1.807, 2.05) is 6.07 Å². The summed E-state index contributed by atoms with van der Waals surface area (Å²) in [7, 11) is 4.21. The summed E-state index contributed by atoms with van der Waals surface area (Å²) in [6.45, 7) is 2.06. The molecule has 0 atom stereocenters. The third kappa shape index (κ3) is 1.68. The highest BCUT2D eigenvalue weighted by Crippen LogP contribution is 2.35. The maximum absolute atomic E-state index is 5.56. The van der Waals surface area contributed by atoms with Gasteiger partial charge in [-0.2, -0.15) is 0 Å². The van der Waals surface area contributed by atoms with Crippen LogP contribution in [0.5, 0.6) is 0 Å². The fraction of sp³-hybridized carbons (Fsp3) is 0.308. The second kappa shape index (κ2) is 3.94. The lowest BCUT2D eigenvalue weighted by molar-refractivity contribution is 0.439. The van der Waals surface area contributed by atoms with Crippen LogP contribution < -0.4 is 15.5 Å². The van der Waals surface area contributed by atoms with Crippen LogP contribution in [0.3, 0.4) is 0 Å². The van der Waals surface area contributed by atoms with Gasteiger partial charge in [0.15, 0.2) is 0 Å². The summed E-state index contributed by atoms with van der Waals surface area (Å²) >= 11 is 0. The Bertz CT molecular complexity index is 578. The van der Waals surface area contributed by atoms with E-state index in [0.717, 1.165) is 24.3 Å². The molecule has 1 aromatic heterocycles. The predicted molar refractivity (Wildman–Crippen MR) is 72.9 cm³/mol. The molecule has 2 aromatic rings. The van der Waals surface area contributed by atoms with Crippen LogP contribution in [0.15, 0.2) is 28.8 Å². The Labute approximate surface area is 106 Å². The van der Waals surface area contributed by atoms with E-state index in [-0.39, 0.29) is 0 Å². The van der Waals surface area contributed by atoms with Crippen LogP contribution in [-0.4, -0.2) is 32.3 Å². The van der Waals surface area contributed by atoms with E-state index in [0.29, 0.717) is 5.88 Å². The molecule has 0 saturated carbocycles. The summed E-state index contributed by atoms with van der Waals surface area (Å²) in [5.41, 5.74) is 9.81. The first-order chi connectivity index (χ1) is 8.65. The zero-order valence-electron chi connectivity index (χ0n) is 10.6. The Morgan fingerprint density at radius 3 is 2.50 bits per heavy atom. The van der Waals surface area contributed by atoms with E-state index in [1.54, 1.807) is 6.07 Å². The number of rotatable bonds is 1. The van der Waals surface area contributed by atoms with Crippen molar-refractivity contribution in [2.24, 2.45) is 0 Å². The lowest BCUT2D eigenvalue weighted by Crippen LogP contribution is -2.36. The van der Waals surface area contributed by atoms with Crippen molar-refractivity contribution in [1.82, 2.24) is 5.16 Å². The van der Waals surface area contributed by atoms with Crippen LogP contribution in [0.2, 0.25) is 0 Å². The Kier molecular flexibility index (Phi) is 2.40. The zero-order chi connectivity index (χ0) is 12.7. The third-order valence-electron chi connectivity index (χ3n) is 3.39. The first-order valence-corrected chi connectivity index (χ1v) is 5.94. The molecule has 0 spiro atoms. The molecule has 2 heterocycles. The van der Waals surface area contributed by atoms with Gasteiger partial charge >= 0.3 is 0 Å². The molecule has 0 unspecified atom stereocenters. The van der Waals surface area contributed by atoms with Gasteiger partial charge in [0.25, 0.3) is 0 Å². The first-order valence-electron chi connectivity index (χ1n) is 5.94. The Balaban J connectivity index is 2.07. The number of hydrogen-bond acceptors (Lipinski definition) is 5.